The van der Waals surface area contributed by atoms with Crippen molar-refractivity contribution in [3.8, 4) is 0 Å². The summed E-state index contributed by atoms with van der Waals surface area (Å²) in [5, 5.41) is 6.00. The molecule has 4 rings (SSSR count). The summed E-state index contributed by atoms with van der Waals surface area (Å²) in [5.41, 5.74) is 2.25. The van der Waals surface area contributed by atoms with E-state index in [1.165, 1.54) is 4.90 Å². The number of nitrogens with zero attached hydrogens (tertiary/aromatic N) is 2. The third-order valence-corrected chi connectivity index (χ3v) is 6.58. The number of hydrogen-bond donors (Lipinski definition) is 2. The molecule has 0 aliphatic carbocycles. The Balaban J connectivity index is 1.57. The largest absolute Gasteiger partial charge is 0.340 e. The van der Waals surface area contributed by atoms with E-state index in [0.717, 1.165) is 11.1 Å². The zero-order valence-electron chi connectivity index (χ0n) is 19.5. The molecule has 2 aliphatic rings. The van der Waals surface area contributed by atoms with E-state index < -0.39 is 18.1 Å². The third-order valence-electron chi connectivity index (χ3n) is 6.58. The van der Waals surface area contributed by atoms with Crippen LogP contribution in [0.5, 0.6) is 0 Å². The molecule has 2 aliphatic heterocycles. The smallest absolute Gasteiger partial charge is 0.251 e. The molecule has 178 valence electrons. The van der Waals surface area contributed by atoms with Gasteiger partial charge in [-0.3, -0.25) is 24.2 Å². The number of nitrogens with one attached hydrogen (secondary N) is 2. The summed E-state index contributed by atoms with van der Waals surface area (Å²) in [6.45, 7) is 4.04. The van der Waals surface area contributed by atoms with Gasteiger partial charge in [-0.05, 0) is 43.5 Å². The number of benzene rings is 1. The lowest BCUT2D eigenvalue weighted by Crippen LogP contribution is -2.56. The van der Waals surface area contributed by atoms with E-state index in [1.807, 2.05) is 32.0 Å². The van der Waals surface area contributed by atoms with Gasteiger partial charge in [-0.2, -0.15) is 0 Å². The highest BCUT2D eigenvalue weighted by Gasteiger charge is 2.53. The lowest BCUT2D eigenvalue weighted by atomic mass is 10.0. The van der Waals surface area contributed by atoms with Gasteiger partial charge in [0, 0.05) is 30.4 Å². The SMILES string of the molecule is CCCC(NC(=O)c1ccc(C)cc1)C(=O)N1C(C(=O)Cc2cccnc2)CC2NCC(=O)C21. The maximum absolute atomic E-state index is 13.8. The summed E-state index contributed by atoms with van der Waals surface area (Å²) in [7, 11) is 0. The molecule has 2 amide bonds. The number of Topliss-reactive ketones (excluding diaryl/α,β-unsaturated/α-hetero) is 2. The molecule has 1 aromatic carbocycles. The number of fused-ring (bicyclic) bond motifs is 1. The number of carbonyl (C=O) groups excluding carboxylic acids is 4. The van der Waals surface area contributed by atoms with Crippen molar-refractivity contribution >= 4 is 23.4 Å². The van der Waals surface area contributed by atoms with E-state index in [9.17, 15) is 19.2 Å². The van der Waals surface area contributed by atoms with Crippen molar-refractivity contribution in [2.24, 2.45) is 0 Å². The molecule has 2 fully saturated rings. The molecule has 4 unspecified atom stereocenters. The second kappa shape index (κ2) is 10.3. The van der Waals surface area contributed by atoms with Crippen LogP contribution in [0, 0.1) is 6.92 Å². The zero-order chi connectivity index (χ0) is 24.2. The highest BCUT2D eigenvalue weighted by atomic mass is 16.2. The molecular weight excluding hydrogens is 432 g/mol. The van der Waals surface area contributed by atoms with E-state index in [-0.39, 0.29) is 42.4 Å². The van der Waals surface area contributed by atoms with E-state index in [0.29, 0.717) is 24.8 Å². The molecular formula is C26H30N4O4. The minimum atomic E-state index is -0.820. The van der Waals surface area contributed by atoms with Gasteiger partial charge >= 0.3 is 0 Å². The van der Waals surface area contributed by atoms with Gasteiger partial charge in [-0.25, -0.2) is 0 Å². The molecule has 0 spiro atoms. The molecule has 2 saturated heterocycles. The van der Waals surface area contributed by atoms with Crippen molar-refractivity contribution in [3.05, 3.63) is 65.5 Å². The van der Waals surface area contributed by atoms with Gasteiger partial charge in [0.2, 0.25) is 5.91 Å². The van der Waals surface area contributed by atoms with E-state index in [2.05, 4.69) is 15.6 Å². The summed E-state index contributed by atoms with van der Waals surface area (Å²) in [4.78, 5) is 58.1. The number of aryl methyl sites for hydroxylation is 1. The predicted octanol–water partition coefficient (Wildman–Crippen LogP) is 1.61. The Morgan fingerprint density at radius 1 is 1.21 bits per heavy atom. The van der Waals surface area contributed by atoms with Crippen molar-refractivity contribution in [2.75, 3.05) is 6.54 Å². The predicted molar refractivity (Wildman–Crippen MR) is 126 cm³/mol. The first-order valence-electron chi connectivity index (χ1n) is 11.8. The van der Waals surface area contributed by atoms with Crippen LogP contribution >= 0.6 is 0 Å². The molecule has 8 heteroatoms. The maximum Gasteiger partial charge on any atom is 0.251 e. The van der Waals surface area contributed by atoms with Crippen LogP contribution in [0.4, 0.5) is 0 Å². The topological polar surface area (TPSA) is 108 Å². The van der Waals surface area contributed by atoms with E-state index >= 15 is 0 Å². The standard InChI is InChI=1S/C26H30N4O4/c1-3-5-19(29-25(33)18-9-7-16(2)8-10-18)26(34)30-21(13-20-24(30)23(32)15-28-20)22(31)12-17-6-4-11-27-14-17/h4,6-11,14,19-21,24,28H,3,5,12-13,15H2,1-2H3,(H,29,33). The first-order valence-corrected chi connectivity index (χ1v) is 11.8. The van der Waals surface area contributed by atoms with Gasteiger partial charge in [0.15, 0.2) is 11.6 Å². The molecule has 0 radical (unpaired) electrons. The Bertz CT molecular complexity index is 1070. The van der Waals surface area contributed by atoms with E-state index in [1.54, 1.807) is 30.6 Å². The number of aromatic nitrogens is 1. The quantitative estimate of drug-likeness (QED) is 0.617. The Hall–Kier alpha value is -3.39. The second-order valence-electron chi connectivity index (χ2n) is 9.08. The molecule has 2 N–H and O–H groups in total. The molecule has 0 saturated carbocycles. The van der Waals surface area contributed by atoms with Gasteiger partial charge in [0.1, 0.15) is 12.1 Å². The third kappa shape index (κ3) is 4.92. The highest BCUT2D eigenvalue weighted by Crippen LogP contribution is 2.31. The summed E-state index contributed by atoms with van der Waals surface area (Å²) in [6.07, 6.45) is 4.85. The van der Waals surface area contributed by atoms with Crippen molar-refractivity contribution < 1.29 is 19.2 Å². The van der Waals surface area contributed by atoms with Crippen molar-refractivity contribution in [1.29, 1.82) is 0 Å². The minimum Gasteiger partial charge on any atom is -0.340 e. The number of ketones is 2. The molecule has 3 heterocycles. The van der Waals surface area contributed by atoms with Crippen molar-refractivity contribution in [1.82, 2.24) is 20.5 Å². The number of rotatable bonds is 8. The van der Waals surface area contributed by atoms with Gasteiger partial charge in [0.25, 0.3) is 5.91 Å². The molecule has 8 nitrogen and oxygen atoms in total. The van der Waals surface area contributed by atoms with Crippen molar-refractivity contribution in [2.45, 2.75) is 63.7 Å². The molecule has 1 aromatic heterocycles. The average molecular weight is 463 g/mol. The second-order valence-corrected chi connectivity index (χ2v) is 9.08. The summed E-state index contributed by atoms with van der Waals surface area (Å²) >= 11 is 0. The first kappa shape index (κ1) is 23.8. The van der Waals surface area contributed by atoms with Crippen LogP contribution in [-0.4, -0.2) is 64.0 Å². The van der Waals surface area contributed by atoms with Crippen molar-refractivity contribution in [3.63, 3.8) is 0 Å². The average Bonchev–Trinajstić information content (AvgIpc) is 3.39. The van der Waals surface area contributed by atoms with Gasteiger partial charge < -0.3 is 15.5 Å². The zero-order valence-corrected chi connectivity index (χ0v) is 19.5. The van der Waals surface area contributed by atoms with Crippen LogP contribution in [0.25, 0.3) is 0 Å². The van der Waals surface area contributed by atoms with E-state index in [4.69, 9.17) is 0 Å². The Morgan fingerprint density at radius 3 is 2.65 bits per heavy atom. The van der Waals surface area contributed by atoms with Crippen LogP contribution in [0.3, 0.4) is 0 Å². The fourth-order valence-electron chi connectivity index (χ4n) is 4.85. The van der Waals surface area contributed by atoms with Gasteiger partial charge in [-0.15, -0.1) is 0 Å². The normalized spacial score (nSPS) is 22.4. The monoisotopic (exact) mass is 462 g/mol. The van der Waals surface area contributed by atoms with Crippen LogP contribution in [0.1, 0.15) is 47.7 Å². The molecule has 2 aromatic rings. The highest BCUT2D eigenvalue weighted by molar-refractivity contribution is 6.02. The molecule has 4 atom stereocenters. The Labute approximate surface area is 199 Å². The minimum absolute atomic E-state index is 0.102. The number of pyridine rings is 1. The van der Waals surface area contributed by atoms with Crippen LogP contribution in [0.2, 0.25) is 0 Å². The molecule has 34 heavy (non-hydrogen) atoms. The lowest BCUT2D eigenvalue weighted by molar-refractivity contribution is -0.143. The summed E-state index contributed by atoms with van der Waals surface area (Å²) in [5.74, 6) is -0.964. The fraction of sp³-hybridized carbons (Fsp3) is 0.423. The first-order chi connectivity index (χ1) is 16.4. The van der Waals surface area contributed by atoms with Crippen LogP contribution < -0.4 is 10.6 Å². The number of hydrogen-bond acceptors (Lipinski definition) is 6. The fourth-order valence-corrected chi connectivity index (χ4v) is 4.85. The Morgan fingerprint density at radius 2 is 1.97 bits per heavy atom. The van der Waals surface area contributed by atoms with Gasteiger partial charge in [0.05, 0.1) is 12.6 Å². The maximum atomic E-state index is 13.8. The number of amides is 2. The lowest BCUT2D eigenvalue weighted by Gasteiger charge is -2.32. The Kier molecular flexibility index (Phi) is 7.17. The number of likely N-dealkylation sites (tertiary alicyclic amines) is 1. The summed E-state index contributed by atoms with van der Waals surface area (Å²) < 4.78 is 0. The van der Waals surface area contributed by atoms with Crippen LogP contribution in [-0.2, 0) is 20.8 Å². The van der Waals surface area contributed by atoms with Gasteiger partial charge in [-0.1, -0.05) is 37.1 Å². The van der Waals surface area contributed by atoms with Crippen LogP contribution in [0.15, 0.2) is 48.8 Å². The summed E-state index contributed by atoms with van der Waals surface area (Å²) in [6, 6.07) is 8.20. The number of carbonyl (C=O) groups is 4. The molecule has 0 bridgehead atoms.